The van der Waals surface area contributed by atoms with E-state index >= 15 is 0 Å². The molecular formula is C18H23N3O2S. The van der Waals surface area contributed by atoms with Crippen LogP contribution in [-0.2, 0) is 4.79 Å². The maximum atomic E-state index is 11.9. The van der Waals surface area contributed by atoms with Gasteiger partial charge in [0.1, 0.15) is 5.75 Å². The molecule has 0 unspecified atom stereocenters. The van der Waals surface area contributed by atoms with Crippen molar-refractivity contribution in [2.24, 2.45) is 5.92 Å². The van der Waals surface area contributed by atoms with Crippen LogP contribution >= 0.6 is 11.8 Å². The molecule has 128 valence electrons. The number of hydrogen-bond donors (Lipinski definition) is 1. The molecule has 0 spiro atoms. The molecule has 24 heavy (non-hydrogen) atoms. The molecule has 1 aromatic heterocycles. The highest BCUT2D eigenvalue weighted by Gasteiger charge is 2.11. The highest BCUT2D eigenvalue weighted by Crippen LogP contribution is 2.28. The van der Waals surface area contributed by atoms with Crippen molar-refractivity contribution in [1.82, 2.24) is 15.3 Å². The summed E-state index contributed by atoms with van der Waals surface area (Å²) in [6, 6.07) is 7.72. The van der Waals surface area contributed by atoms with Gasteiger partial charge in [0.25, 0.3) is 5.88 Å². The lowest BCUT2D eigenvalue weighted by Gasteiger charge is -2.09. The summed E-state index contributed by atoms with van der Waals surface area (Å²) in [5, 5.41) is 3.52. The number of hydrogen-bond acceptors (Lipinski definition) is 5. The van der Waals surface area contributed by atoms with Gasteiger partial charge in [0.2, 0.25) is 5.91 Å². The van der Waals surface area contributed by atoms with Crippen molar-refractivity contribution in [1.29, 1.82) is 0 Å². The first kappa shape index (κ1) is 18.3. The minimum atomic E-state index is -0.00686. The quantitative estimate of drug-likeness (QED) is 0.737. The van der Waals surface area contributed by atoms with Crippen LogP contribution in [-0.4, -0.2) is 28.2 Å². The van der Waals surface area contributed by atoms with Crippen LogP contribution in [0.5, 0.6) is 11.6 Å². The number of ether oxygens (including phenoxy) is 1. The van der Waals surface area contributed by atoms with Crippen LogP contribution in [0.4, 0.5) is 0 Å². The van der Waals surface area contributed by atoms with Crippen molar-refractivity contribution in [3.63, 3.8) is 0 Å². The number of carbonyl (C=O) groups is 1. The van der Waals surface area contributed by atoms with E-state index in [1.54, 1.807) is 12.4 Å². The molecule has 0 aliphatic rings. The number of aryl methyl sites for hydroxylation is 1. The zero-order valence-electron chi connectivity index (χ0n) is 14.3. The Morgan fingerprint density at radius 2 is 1.92 bits per heavy atom. The Hall–Kier alpha value is -2.08. The van der Waals surface area contributed by atoms with Crippen molar-refractivity contribution >= 4 is 17.7 Å². The Balaban J connectivity index is 1.91. The largest absolute Gasteiger partial charge is 0.437 e. The molecule has 0 atom stereocenters. The Kier molecular flexibility index (Phi) is 7.06. The number of aromatic nitrogens is 2. The molecule has 1 amide bonds. The molecule has 0 bridgehead atoms. The van der Waals surface area contributed by atoms with Crippen molar-refractivity contribution in [3.8, 4) is 11.6 Å². The SMILES string of the molecule is Cc1ccc(Oc2nccnc2SCC(=O)NCCC(C)C)cc1. The molecule has 0 aliphatic carbocycles. The predicted molar refractivity (Wildman–Crippen MR) is 96.5 cm³/mol. The van der Waals surface area contributed by atoms with E-state index in [0.29, 0.717) is 34.9 Å². The minimum absolute atomic E-state index is 0.00686. The van der Waals surface area contributed by atoms with E-state index in [1.807, 2.05) is 31.2 Å². The van der Waals surface area contributed by atoms with Crippen molar-refractivity contribution < 1.29 is 9.53 Å². The zero-order valence-corrected chi connectivity index (χ0v) is 15.1. The second-order valence-corrected chi connectivity index (χ2v) is 6.87. The lowest BCUT2D eigenvalue weighted by atomic mass is 10.1. The van der Waals surface area contributed by atoms with Crippen LogP contribution in [0.1, 0.15) is 25.8 Å². The smallest absolute Gasteiger partial charge is 0.252 e. The summed E-state index contributed by atoms with van der Waals surface area (Å²) in [6.45, 7) is 6.99. The van der Waals surface area contributed by atoms with Gasteiger partial charge in [-0.2, -0.15) is 0 Å². The fourth-order valence-corrected chi connectivity index (χ4v) is 2.61. The molecule has 0 saturated heterocycles. The summed E-state index contributed by atoms with van der Waals surface area (Å²) < 4.78 is 5.78. The molecule has 1 heterocycles. The number of nitrogens with zero attached hydrogens (tertiary/aromatic N) is 2. The van der Waals surface area contributed by atoms with Gasteiger partial charge in [-0.1, -0.05) is 43.3 Å². The van der Waals surface area contributed by atoms with E-state index in [-0.39, 0.29) is 5.91 Å². The van der Waals surface area contributed by atoms with Crippen molar-refractivity contribution in [2.75, 3.05) is 12.3 Å². The van der Waals surface area contributed by atoms with E-state index in [0.717, 1.165) is 12.0 Å². The highest BCUT2D eigenvalue weighted by atomic mass is 32.2. The van der Waals surface area contributed by atoms with Gasteiger partial charge >= 0.3 is 0 Å². The third-order valence-electron chi connectivity index (χ3n) is 3.25. The molecular weight excluding hydrogens is 322 g/mol. The number of thioether (sulfide) groups is 1. The fourth-order valence-electron chi connectivity index (χ4n) is 1.88. The van der Waals surface area contributed by atoms with Crippen LogP contribution in [0, 0.1) is 12.8 Å². The summed E-state index contributed by atoms with van der Waals surface area (Å²) in [6.07, 6.45) is 4.15. The van der Waals surface area contributed by atoms with Gasteiger partial charge in [0.05, 0.1) is 5.75 Å². The van der Waals surface area contributed by atoms with Crippen LogP contribution in [0.2, 0.25) is 0 Å². The maximum Gasteiger partial charge on any atom is 0.252 e. The van der Waals surface area contributed by atoms with E-state index < -0.39 is 0 Å². The first-order chi connectivity index (χ1) is 11.5. The van der Waals surface area contributed by atoms with Gasteiger partial charge < -0.3 is 10.1 Å². The molecule has 6 heteroatoms. The molecule has 2 aromatic rings. The summed E-state index contributed by atoms with van der Waals surface area (Å²) in [5.41, 5.74) is 1.16. The molecule has 5 nitrogen and oxygen atoms in total. The van der Waals surface area contributed by atoms with Crippen molar-refractivity contribution in [2.45, 2.75) is 32.2 Å². The third-order valence-corrected chi connectivity index (χ3v) is 4.21. The zero-order chi connectivity index (χ0) is 17.4. The van der Waals surface area contributed by atoms with E-state index in [1.165, 1.54) is 11.8 Å². The summed E-state index contributed by atoms with van der Waals surface area (Å²) in [5.74, 6) is 1.98. The molecule has 2 rings (SSSR count). The Bertz CT molecular complexity index is 660. The summed E-state index contributed by atoms with van der Waals surface area (Å²) >= 11 is 1.33. The Labute approximate surface area is 147 Å². The molecule has 0 fully saturated rings. The molecule has 0 aliphatic heterocycles. The molecule has 0 saturated carbocycles. The van der Waals surface area contributed by atoms with Gasteiger partial charge in [-0.15, -0.1) is 0 Å². The number of benzene rings is 1. The van der Waals surface area contributed by atoms with Gasteiger partial charge in [-0.3, -0.25) is 4.79 Å². The summed E-state index contributed by atoms with van der Waals surface area (Å²) in [7, 11) is 0. The van der Waals surface area contributed by atoms with E-state index in [4.69, 9.17) is 4.74 Å². The molecule has 1 aromatic carbocycles. The molecule has 0 radical (unpaired) electrons. The van der Waals surface area contributed by atoms with Crippen molar-refractivity contribution in [3.05, 3.63) is 42.2 Å². The lowest BCUT2D eigenvalue weighted by Crippen LogP contribution is -2.26. The number of carbonyl (C=O) groups excluding carboxylic acids is 1. The van der Waals surface area contributed by atoms with Crippen LogP contribution in [0.25, 0.3) is 0 Å². The van der Waals surface area contributed by atoms with Gasteiger partial charge in [-0.05, 0) is 31.4 Å². The monoisotopic (exact) mass is 345 g/mol. The minimum Gasteiger partial charge on any atom is -0.437 e. The van der Waals surface area contributed by atoms with Crippen LogP contribution < -0.4 is 10.1 Å². The van der Waals surface area contributed by atoms with Crippen LogP contribution in [0.3, 0.4) is 0 Å². The predicted octanol–water partition coefficient (Wildman–Crippen LogP) is 3.83. The average Bonchev–Trinajstić information content (AvgIpc) is 2.56. The standard InChI is InChI=1S/C18H23N3O2S/c1-13(2)8-9-19-16(22)12-24-18-17(20-10-11-21-18)23-15-6-4-14(3)5-7-15/h4-7,10-11,13H,8-9,12H2,1-3H3,(H,19,22). The van der Waals surface area contributed by atoms with Gasteiger partial charge in [0, 0.05) is 18.9 Å². The van der Waals surface area contributed by atoms with Crippen LogP contribution in [0.15, 0.2) is 41.7 Å². The molecule has 1 N–H and O–H groups in total. The Morgan fingerprint density at radius 3 is 2.62 bits per heavy atom. The highest BCUT2D eigenvalue weighted by molar-refractivity contribution is 8.00. The average molecular weight is 345 g/mol. The normalized spacial score (nSPS) is 10.7. The summed E-state index contributed by atoms with van der Waals surface area (Å²) in [4.78, 5) is 20.4. The first-order valence-electron chi connectivity index (χ1n) is 7.99. The Morgan fingerprint density at radius 1 is 1.21 bits per heavy atom. The topological polar surface area (TPSA) is 64.1 Å². The number of rotatable bonds is 8. The van der Waals surface area contributed by atoms with E-state index in [9.17, 15) is 4.79 Å². The maximum absolute atomic E-state index is 11.9. The number of amides is 1. The third kappa shape index (κ3) is 6.20. The second kappa shape index (κ2) is 9.27. The number of nitrogens with one attached hydrogen (secondary N) is 1. The lowest BCUT2D eigenvalue weighted by molar-refractivity contribution is -0.118. The van der Waals surface area contributed by atoms with E-state index in [2.05, 4.69) is 29.1 Å². The second-order valence-electron chi connectivity index (χ2n) is 5.90. The fraction of sp³-hybridized carbons (Fsp3) is 0.389. The van der Waals surface area contributed by atoms with Gasteiger partial charge in [-0.25, -0.2) is 9.97 Å². The van der Waals surface area contributed by atoms with Gasteiger partial charge in [0.15, 0.2) is 5.03 Å². The first-order valence-corrected chi connectivity index (χ1v) is 8.98.